The monoisotopic (exact) mass is 700 g/mol. The van der Waals surface area contributed by atoms with Crippen LogP contribution in [0.3, 0.4) is 0 Å². The van der Waals surface area contributed by atoms with Gasteiger partial charge in [0.2, 0.25) is 0 Å². The van der Waals surface area contributed by atoms with Crippen LogP contribution in [-0.2, 0) is 25.4 Å². The van der Waals surface area contributed by atoms with E-state index in [0.29, 0.717) is 6.61 Å². The van der Waals surface area contributed by atoms with E-state index in [1.807, 2.05) is 57.2 Å². The molecule has 6 aromatic carbocycles. The van der Waals surface area contributed by atoms with Gasteiger partial charge in [-0.05, 0) is 104 Å². The van der Waals surface area contributed by atoms with Crippen LogP contribution in [0.2, 0.25) is 0 Å². The van der Waals surface area contributed by atoms with Crippen LogP contribution in [0, 0.1) is 27.4 Å². The molecule has 272 valence electrons. The molecule has 6 rings (SSSR count). The third-order valence-corrected chi connectivity index (χ3v) is 8.52. The molecule has 0 aromatic heterocycles. The van der Waals surface area contributed by atoms with E-state index < -0.39 is 11.9 Å². The number of carboxylic acids is 1. The van der Waals surface area contributed by atoms with Crippen LogP contribution in [0.25, 0.3) is 32.3 Å². The molecule has 0 bridgehead atoms. The summed E-state index contributed by atoms with van der Waals surface area (Å²) in [7, 11) is 0. The Morgan fingerprint density at radius 1 is 0.596 bits per heavy atom. The zero-order valence-electron chi connectivity index (χ0n) is 31.7. The van der Waals surface area contributed by atoms with Gasteiger partial charge in [-0.15, -0.1) is 0 Å². The molecule has 52 heavy (non-hydrogen) atoms. The maximum absolute atomic E-state index is 11.7. The number of carbonyl (C=O) groups is 2. The molecule has 2 N–H and O–H groups in total. The van der Waals surface area contributed by atoms with Gasteiger partial charge >= 0.3 is 23.2 Å². The van der Waals surface area contributed by atoms with Gasteiger partial charge in [0.25, 0.3) is 0 Å². The van der Waals surface area contributed by atoms with Gasteiger partial charge in [0.15, 0.2) is 0 Å². The number of aliphatic carboxylic acids is 1. The van der Waals surface area contributed by atoms with Crippen molar-refractivity contribution in [3.05, 3.63) is 149 Å². The van der Waals surface area contributed by atoms with Gasteiger partial charge in [0, 0.05) is 6.61 Å². The molecule has 0 aliphatic carbocycles. The first kappa shape index (κ1) is 42.9. The molecule has 0 saturated heterocycles. The molecule has 6 heteroatoms. The van der Waals surface area contributed by atoms with E-state index in [9.17, 15) is 9.59 Å². The van der Waals surface area contributed by atoms with E-state index in [1.54, 1.807) is 13.8 Å². The molecular formula is C46H52O6. The molecule has 0 aliphatic rings. The van der Waals surface area contributed by atoms with Gasteiger partial charge in [0.1, 0.15) is 0 Å². The van der Waals surface area contributed by atoms with Gasteiger partial charge in [-0.3, -0.25) is 9.59 Å². The predicted octanol–water partition coefficient (Wildman–Crippen LogP) is 10.8. The van der Waals surface area contributed by atoms with Crippen LogP contribution in [0.1, 0.15) is 79.8 Å². The van der Waals surface area contributed by atoms with Crippen LogP contribution >= 0.6 is 0 Å². The van der Waals surface area contributed by atoms with Crippen LogP contribution in [-0.4, -0.2) is 35.4 Å². The van der Waals surface area contributed by atoms with Crippen LogP contribution in [0.5, 0.6) is 0 Å². The third-order valence-electron chi connectivity index (χ3n) is 8.52. The first-order chi connectivity index (χ1) is 24.9. The number of rotatable bonds is 6. The van der Waals surface area contributed by atoms with Crippen molar-refractivity contribution in [1.82, 2.24) is 0 Å². The van der Waals surface area contributed by atoms with Crippen molar-refractivity contribution < 1.29 is 29.2 Å². The summed E-state index contributed by atoms with van der Waals surface area (Å²) in [6, 6.07) is 37.7. The van der Waals surface area contributed by atoms with E-state index in [-0.39, 0.29) is 18.5 Å². The number of carboxylic acid groups (broad SMARTS) is 1. The van der Waals surface area contributed by atoms with Crippen molar-refractivity contribution in [2.45, 2.75) is 73.6 Å². The van der Waals surface area contributed by atoms with Crippen LogP contribution < -0.4 is 0 Å². The summed E-state index contributed by atoms with van der Waals surface area (Å²) < 4.78 is 12.6. The number of ether oxygens (including phenoxy) is 1. The first-order valence-electron chi connectivity index (χ1n) is 17.6. The van der Waals surface area contributed by atoms with Crippen molar-refractivity contribution in [1.29, 1.82) is 0 Å². The summed E-state index contributed by atoms with van der Waals surface area (Å²) in [4.78, 5) is 22.6. The van der Waals surface area contributed by atoms with Crippen molar-refractivity contribution in [3.8, 4) is 0 Å². The number of fused-ring (bicyclic) bond motifs is 3. The number of benzene rings is 6. The zero-order chi connectivity index (χ0) is 38.8. The fourth-order valence-electron chi connectivity index (χ4n) is 5.49. The summed E-state index contributed by atoms with van der Waals surface area (Å²) in [5, 5.41) is 23.8. The van der Waals surface area contributed by atoms with Gasteiger partial charge in [-0.2, -0.15) is 0 Å². The summed E-state index contributed by atoms with van der Waals surface area (Å²) >= 11 is 0. The molecule has 0 spiro atoms. The van der Waals surface area contributed by atoms with E-state index >= 15 is 0 Å². The number of hydrogen-bond donors (Lipinski definition) is 2. The van der Waals surface area contributed by atoms with Gasteiger partial charge in [-0.1, -0.05) is 133 Å². The Bertz CT molecular complexity index is 2080. The van der Waals surface area contributed by atoms with E-state index in [2.05, 4.69) is 100 Å². The Labute approximate surface area is 308 Å². The molecule has 0 saturated carbocycles. The normalized spacial score (nSPS) is 11.2. The average molecular weight is 701 g/mol. The number of aliphatic hydroxyl groups is 1. The topological polar surface area (TPSA) is 104 Å². The van der Waals surface area contributed by atoms with E-state index in [1.165, 1.54) is 38.4 Å². The van der Waals surface area contributed by atoms with Crippen LogP contribution in [0.15, 0.2) is 109 Å². The predicted molar refractivity (Wildman–Crippen MR) is 213 cm³/mol. The molecule has 0 radical (unpaired) electrons. The molecule has 0 aliphatic heterocycles. The van der Waals surface area contributed by atoms with E-state index in [0.717, 1.165) is 33.7 Å². The standard InChI is InChI=1S/C16H18O2.C14H14O2.C13H14.C2H6O.CO/c1-4-18-16(17)12(3)13-7-8-14-9-11(2)5-6-15(14)10-13;1-9-3-4-13-8-11(10(2)14(15)16)5-6-12(13)7-9;1-3-11-5-7-12-8-10(2)4-6-13(12)9-11;1-2-3;1-2/h5-10,12H,4H2,1-3H3;3-8,10H,1-2H3,(H,15,16);4-9H,3H2,1-2H3;3H,2H2,1H3;. The summed E-state index contributed by atoms with van der Waals surface area (Å²) in [5.41, 5.74) is 7.06. The summed E-state index contributed by atoms with van der Waals surface area (Å²) in [5.74, 6) is -1.61. The third kappa shape index (κ3) is 12.8. The fourth-order valence-corrected chi connectivity index (χ4v) is 5.49. The maximum atomic E-state index is 11.7. The Kier molecular flexibility index (Phi) is 18.0. The second-order valence-corrected chi connectivity index (χ2v) is 12.6. The van der Waals surface area contributed by atoms with Crippen molar-refractivity contribution >= 4 is 44.3 Å². The number of esters is 1. The quantitative estimate of drug-likeness (QED) is 0.102. The fraction of sp³-hybridized carbons (Fsp3) is 0.283. The Morgan fingerprint density at radius 3 is 1.33 bits per heavy atom. The Hall–Kier alpha value is -5.26. The average Bonchev–Trinajstić information content (AvgIpc) is 3.15. The summed E-state index contributed by atoms with van der Waals surface area (Å²) in [6.07, 6.45) is 1.11. The molecule has 0 fully saturated rings. The molecular weight excluding hydrogens is 649 g/mol. The Balaban J connectivity index is 0.000000256. The molecule has 0 amide bonds. The number of carbonyl (C=O) groups excluding carboxylic acids is 1. The van der Waals surface area contributed by atoms with Crippen molar-refractivity contribution in [3.63, 3.8) is 0 Å². The Morgan fingerprint density at radius 2 is 0.942 bits per heavy atom. The molecule has 6 nitrogen and oxygen atoms in total. The van der Waals surface area contributed by atoms with Crippen LogP contribution in [0.4, 0.5) is 0 Å². The molecule has 2 atom stereocenters. The minimum atomic E-state index is -0.786. The number of aryl methyl sites for hydroxylation is 4. The molecule has 6 aromatic rings. The van der Waals surface area contributed by atoms with Gasteiger partial charge in [0.05, 0.1) is 18.4 Å². The number of aliphatic hydroxyl groups excluding tert-OH is 1. The molecule has 0 heterocycles. The van der Waals surface area contributed by atoms with Gasteiger partial charge in [-0.25, -0.2) is 0 Å². The number of hydrogen-bond acceptors (Lipinski definition) is 4. The summed E-state index contributed by atoms with van der Waals surface area (Å²) in [6.45, 7) is 20.7. The van der Waals surface area contributed by atoms with Gasteiger partial charge < -0.3 is 14.9 Å². The second kappa shape index (κ2) is 21.8. The van der Waals surface area contributed by atoms with E-state index in [4.69, 9.17) is 19.6 Å². The molecule has 2 unspecified atom stereocenters. The SMILES string of the molecule is CCO.CCOC(=O)C(C)c1ccc2cc(C)ccc2c1.CCc1ccc2cc(C)ccc2c1.Cc1ccc2cc(C(C)C(=O)O)ccc2c1.[C-]#[O+]. The second-order valence-electron chi connectivity index (χ2n) is 12.6. The first-order valence-corrected chi connectivity index (χ1v) is 17.6. The minimum absolute atomic E-state index is 0.163. The van der Waals surface area contributed by atoms with Crippen molar-refractivity contribution in [2.75, 3.05) is 13.2 Å². The van der Waals surface area contributed by atoms with Crippen molar-refractivity contribution in [2.24, 2.45) is 0 Å². The zero-order valence-corrected chi connectivity index (χ0v) is 31.7.